The van der Waals surface area contributed by atoms with Gasteiger partial charge in [-0.05, 0) is 45.7 Å². The molecule has 2 heteroatoms. The number of hydrogen-bond acceptors (Lipinski definition) is 2. The molecular formula is C10H20N2. The van der Waals surface area contributed by atoms with Gasteiger partial charge in [-0.25, -0.2) is 0 Å². The van der Waals surface area contributed by atoms with Crippen LogP contribution in [0.4, 0.5) is 0 Å². The fourth-order valence-corrected chi connectivity index (χ4v) is 2.24. The van der Waals surface area contributed by atoms with Crippen molar-refractivity contribution in [3.63, 3.8) is 0 Å². The third-order valence-corrected chi connectivity index (χ3v) is 3.46. The number of rotatable bonds is 2. The van der Waals surface area contributed by atoms with Gasteiger partial charge < -0.3 is 10.6 Å². The van der Waals surface area contributed by atoms with Crippen molar-refractivity contribution in [2.75, 3.05) is 13.6 Å². The first-order chi connectivity index (χ1) is 5.70. The van der Waals surface area contributed by atoms with E-state index in [1.54, 1.807) is 0 Å². The van der Waals surface area contributed by atoms with E-state index in [0.717, 1.165) is 6.04 Å². The van der Waals surface area contributed by atoms with Gasteiger partial charge in [0.25, 0.3) is 0 Å². The van der Waals surface area contributed by atoms with Crippen molar-refractivity contribution < 1.29 is 0 Å². The van der Waals surface area contributed by atoms with Crippen LogP contribution in [0.3, 0.4) is 0 Å². The van der Waals surface area contributed by atoms with Crippen LogP contribution in [0.5, 0.6) is 0 Å². The molecule has 2 nitrogen and oxygen atoms in total. The first-order valence-corrected chi connectivity index (χ1v) is 5.19. The standard InChI is InChI=1S/C10H20N2/c1-12-7-3-2-4-9(12)8-10(11)5-6-10/h9H,2-8,11H2,1H3. The Bertz CT molecular complexity index is 163. The highest BCUT2D eigenvalue weighted by Crippen LogP contribution is 2.38. The van der Waals surface area contributed by atoms with Crippen LogP contribution < -0.4 is 5.73 Å². The molecule has 0 aromatic rings. The molecule has 1 unspecified atom stereocenters. The van der Waals surface area contributed by atoms with E-state index < -0.39 is 0 Å². The van der Waals surface area contributed by atoms with Gasteiger partial charge in [-0.1, -0.05) is 6.42 Å². The molecule has 1 heterocycles. The summed E-state index contributed by atoms with van der Waals surface area (Å²) in [5.74, 6) is 0. The van der Waals surface area contributed by atoms with Crippen LogP contribution in [0.25, 0.3) is 0 Å². The fourth-order valence-electron chi connectivity index (χ4n) is 2.24. The number of nitrogens with zero attached hydrogens (tertiary/aromatic N) is 1. The Morgan fingerprint density at radius 2 is 2.17 bits per heavy atom. The first kappa shape index (κ1) is 8.52. The second-order valence-corrected chi connectivity index (χ2v) is 4.70. The van der Waals surface area contributed by atoms with Gasteiger partial charge in [-0.2, -0.15) is 0 Å². The minimum atomic E-state index is 0.246. The molecule has 0 amide bonds. The highest BCUT2D eigenvalue weighted by molar-refractivity contribution is 5.01. The molecule has 0 aromatic heterocycles. The third-order valence-electron chi connectivity index (χ3n) is 3.46. The van der Waals surface area contributed by atoms with Crippen molar-refractivity contribution in [3.05, 3.63) is 0 Å². The second kappa shape index (κ2) is 3.00. The zero-order valence-corrected chi connectivity index (χ0v) is 8.05. The lowest BCUT2D eigenvalue weighted by molar-refractivity contribution is 0.165. The molecule has 1 aliphatic carbocycles. The van der Waals surface area contributed by atoms with Gasteiger partial charge in [0, 0.05) is 11.6 Å². The maximum absolute atomic E-state index is 6.11. The van der Waals surface area contributed by atoms with E-state index in [1.807, 2.05) is 0 Å². The number of nitrogens with two attached hydrogens (primary N) is 1. The van der Waals surface area contributed by atoms with Gasteiger partial charge in [0.15, 0.2) is 0 Å². The van der Waals surface area contributed by atoms with Crippen molar-refractivity contribution in [2.45, 2.75) is 50.1 Å². The van der Waals surface area contributed by atoms with Crippen molar-refractivity contribution in [2.24, 2.45) is 5.73 Å². The summed E-state index contributed by atoms with van der Waals surface area (Å²) < 4.78 is 0. The highest BCUT2D eigenvalue weighted by atomic mass is 15.1. The van der Waals surface area contributed by atoms with Crippen LogP contribution >= 0.6 is 0 Å². The third kappa shape index (κ3) is 1.80. The molecule has 1 aliphatic heterocycles. The molecule has 2 rings (SSSR count). The summed E-state index contributed by atoms with van der Waals surface area (Å²) in [6.07, 6.45) is 7.92. The highest BCUT2D eigenvalue weighted by Gasteiger charge is 2.41. The lowest BCUT2D eigenvalue weighted by atomic mass is 9.96. The van der Waals surface area contributed by atoms with Crippen LogP contribution in [0.2, 0.25) is 0 Å². The van der Waals surface area contributed by atoms with E-state index in [1.165, 1.54) is 45.1 Å². The van der Waals surface area contributed by atoms with E-state index in [0.29, 0.717) is 0 Å². The molecule has 2 N–H and O–H groups in total. The van der Waals surface area contributed by atoms with E-state index >= 15 is 0 Å². The maximum atomic E-state index is 6.11. The quantitative estimate of drug-likeness (QED) is 0.674. The van der Waals surface area contributed by atoms with Crippen LogP contribution in [0.1, 0.15) is 38.5 Å². The van der Waals surface area contributed by atoms with E-state index in [9.17, 15) is 0 Å². The topological polar surface area (TPSA) is 29.3 Å². The maximum Gasteiger partial charge on any atom is 0.0170 e. The van der Waals surface area contributed by atoms with Gasteiger partial charge in [0.2, 0.25) is 0 Å². The number of likely N-dealkylation sites (tertiary alicyclic amines) is 1. The smallest absolute Gasteiger partial charge is 0.0170 e. The normalized spacial score (nSPS) is 35.0. The average Bonchev–Trinajstić information content (AvgIpc) is 2.74. The molecule has 1 atom stereocenters. The molecule has 1 saturated heterocycles. The summed E-state index contributed by atoms with van der Waals surface area (Å²) >= 11 is 0. The summed E-state index contributed by atoms with van der Waals surface area (Å²) in [5.41, 5.74) is 6.36. The van der Waals surface area contributed by atoms with Crippen molar-refractivity contribution in [3.8, 4) is 0 Å². The predicted molar refractivity (Wildman–Crippen MR) is 51.0 cm³/mol. The Kier molecular flexibility index (Phi) is 2.13. The molecule has 0 radical (unpaired) electrons. The van der Waals surface area contributed by atoms with Crippen LogP contribution in [-0.2, 0) is 0 Å². The molecule has 0 bridgehead atoms. The van der Waals surface area contributed by atoms with Gasteiger partial charge >= 0.3 is 0 Å². The zero-order chi connectivity index (χ0) is 8.60. The molecule has 1 saturated carbocycles. The summed E-state index contributed by atoms with van der Waals surface area (Å²) in [7, 11) is 2.25. The Morgan fingerprint density at radius 3 is 2.75 bits per heavy atom. The molecule has 0 spiro atoms. The van der Waals surface area contributed by atoms with Gasteiger partial charge in [0.05, 0.1) is 0 Å². The Labute approximate surface area is 75.1 Å². The Balaban J connectivity index is 1.84. The van der Waals surface area contributed by atoms with Gasteiger partial charge in [0.1, 0.15) is 0 Å². The number of hydrogen-bond donors (Lipinski definition) is 1. The zero-order valence-electron chi connectivity index (χ0n) is 8.05. The van der Waals surface area contributed by atoms with E-state index in [4.69, 9.17) is 5.73 Å². The first-order valence-electron chi connectivity index (χ1n) is 5.19. The van der Waals surface area contributed by atoms with Crippen LogP contribution in [-0.4, -0.2) is 30.1 Å². The molecule has 2 aliphatic rings. The molecule has 70 valence electrons. The second-order valence-electron chi connectivity index (χ2n) is 4.70. The van der Waals surface area contributed by atoms with E-state index in [2.05, 4.69) is 11.9 Å². The average molecular weight is 168 g/mol. The van der Waals surface area contributed by atoms with Gasteiger partial charge in [-0.15, -0.1) is 0 Å². The number of piperidine rings is 1. The predicted octanol–water partition coefficient (Wildman–Crippen LogP) is 1.35. The molecule has 0 aromatic carbocycles. The fraction of sp³-hybridized carbons (Fsp3) is 1.00. The summed E-state index contributed by atoms with van der Waals surface area (Å²) in [5, 5.41) is 0. The summed E-state index contributed by atoms with van der Waals surface area (Å²) in [4.78, 5) is 2.50. The minimum Gasteiger partial charge on any atom is -0.325 e. The van der Waals surface area contributed by atoms with Crippen LogP contribution in [0.15, 0.2) is 0 Å². The van der Waals surface area contributed by atoms with Crippen LogP contribution in [0, 0.1) is 0 Å². The van der Waals surface area contributed by atoms with Gasteiger partial charge in [-0.3, -0.25) is 0 Å². The summed E-state index contributed by atoms with van der Waals surface area (Å²) in [6.45, 7) is 1.28. The van der Waals surface area contributed by atoms with Crippen molar-refractivity contribution in [1.29, 1.82) is 0 Å². The Morgan fingerprint density at radius 1 is 1.42 bits per heavy atom. The lowest BCUT2D eigenvalue weighted by Gasteiger charge is -2.34. The SMILES string of the molecule is CN1CCCCC1CC1(N)CC1. The largest absolute Gasteiger partial charge is 0.325 e. The lowest BCUT2D eigenvalue weighted by Crippen LogP contribution is -2.41. The molecular weight excluding hydrogens is 148 g/mol. The van der Waals surface area contributed by atoms with E-state index in [-0.39, 0.29) is 5.54 Å². The monoisotopic (exact) mass is 168 g/mol. The van der Waals surface area contributed by atoms with Crippen molar-refractivity contribution >= 4 is 0 Å². The minimum absolute atomic E-state index is 0.246. The Hall–Kier alpha value is -0.0800. The summed E-state index contributed by atoms with van der Waals surface area (Å²) in [6, 6.07) is 0.784. The van der Waals surface area contributed by atoms with Crippen molar-refractivity contribution in [1.82, 2.24) is 4.90 Å². The molecule has 12 heavy (non-hydrogen) atoms. The molecule has 2 fully saturated rings.